The highest BCUT2D eigenvalue weighted by molar-refractivity contribution is 5.97. The van der Waals surface area contributed by atoms with Gasteiger partial charge in [-0.15, -0.1) is 0 Å². The van der Waals surface area contributed by atoms with Gasteiger partial charge in [-0.3, -0.25) is 19.0 Å². The lowest BCUT2D eigenvalue weighted by Crippen LogP contribution is -2.34. The molecule has 0 saturated carbocycles. The summed E-state index contributed by atoms with van der Waals surface area (Å²) < 4.78 is 6.76. The number of methoxy groups -OCH3 is 1. The topological polar surface area (TPSA) is 102 Å². The average Bonchev–Trinajstić information content (AvgIpc) is 2.91. The molecule has 0 aliphatic heterocycles. The number of nitrogens with zero attached hydrogens (tertiary/aromatic N) is 2. The van der Waals surface area contributed by atoms with E-state index < -0.39 is 11.6 Å². The molecule has 1 atom stereocenters. The van der Waals surface area contributed by atoms with Crippen LogP contribution in [0, 0.1) is 6.92 Å². The Labute approximate surface area is 215 Å². The van der Waals surface area contributed by atoms with Gasteiger partial charge in [0.1, 0.15) is 17.5 Å². The Balaban J connectivity index is 1.88. The summed E-state index contributed by atoms with van der Waals surface area (Å²) in [5.41, 5.74) is 3.36. The highest BCUT2D eigenvalue weighted by Gasteiger charge is 2.25. The maximum Gasteiger partial charge on any atom is 0.278 e. The predicted molar refractivity (Wildman–Crippen MR) is 146 cm³/mol. The molecule has 4 aromatic rings. The first-order valence-corrected chi connectivity index (χ1v) is 12.2. The SMILES string of the molecule is CCC(=O)Nc1ccc(C)cc1-c1nc2ccccc2n([C@H](CC)C(=O)Nc2cccc(OC)c2)c1=O. The first-order valence-electron chi connectivity index (χ1n) is 12.2. The maximum absolute atomic E-state index is 14.0. The Morgan fingerprint density at radius 2 is 1.78 bits per heavy atom. The van der Waals surface area contributed by atoms with Crippen LogP contribution in [0.3, 0.4) is 0 Å². The highest BCUT2D eigenvalue weighted by Crippen LogP contribution is 2.29. The van der Waals surface area contributed by atoms with Crippen molar-refractivity contribution in [1.29, 1.82) is 0 Å². The van der Waals surface area contributed by atoms with Gasteiger partial charge in [-0.05, 0) is 49.7 Å². The van der Waals surface area contributed by atoms with Crippen LogP contribution in [-0.4, -0.2) is 28.5 Å². The molecule has 37 heavy (non-hydrogen) atoms. The van der Waals surface area contributed by atoms with Crippen molar-refractivity contribution < 1.29 is 14.3 Å². The van der Waals surface area contributed by atoms with Gasteiger partial charge in [-0.2, -0.15) is 0 Å². The van der Waals surface area contributed by atoms with Crippen molar-refractivity contribution >= 4 is 34.2 Å². The van der Waals surface area contributed by atoms with Crippen LogP contribution in [0.25, 0.3) is 22.3 Å². The normalized spacial score (nSPS) is 11.7. The minimum Gasteiger partial charge on any atom is -0.497 e. The van der Waals surface area contributed by atoms with Crippen molar-refractivity contribution in [3.63, 3.8) is 0 Å². The number of aromatic nitrogens is 2. The van der Waals surface area contributed by atoms with Crippen molar-refractivity contribution in [3.8, 4) is 17.0 Å². The van der Waals surface area contributed by atoms with Gasteiger partial charge in [-0.25, -0.2) is 4.98 Å². The number of hydrogen-bond acceptors (Lipinski definition) is 5. The van der Waals surface area contributed by atoms with Crippen LogP contribution >= 0.6 is 0 Å². The smallest absolute Gasteiger partial charge is 0.278 e. The summed E-state index contributed by atoms with van der Waals surface area (Å²) in [5, 5.41) is 5.79. The number of anilines is 2. The molecule has 8 heteroatoms. The molecular weight excluding hydrogens is 468 g/mol. The van der Waals surface area contributed by atoms with Crippen molar-refractivity contribution in [3.05, 3.63) is 82.6 Å². The second-order valence-electron chi connectivity index (χ2n) is 8.72. The Kier molecular flexibility index (Phi) is 7.67. The zero-order valence-electron chi connectivity index (χ0n) is 21.4. The molecule has 190 valence electrons. The lowest BCUT2D eigenvalue weighted by molar-refractivity contribution is -0.119. The Morgan fingerprint density at radius 3 is 2.51 bits per heavy atom. The van der Waals surface area contributed by atoms with E-state index in [0.29, 0.717) is 46.6 Å². The quantitative estimate of drug-likeness (QED) is 0.342. The minimum atomic E-state index is -0.802. The number of amides is 2. The number of carbonyl (C=O) groups excluding carboxylic acids is 2. The van der Waals surface area contributed by atoms with E-state index in [4.69, 9.17) is 9.72 Å². The van der Waals surface area contributed by atoms with E-state index in [0.717, 1.165) is 5.56 Å². The molecule has 0 fully saturated rings. The molecule has 1 aromatic heterocycles. The third-order valence-corrected chi connectivity index (χ3v) is 6.16. The highest BCUT2D eigenvalue weighted by atomic mass is 16.5. The zero-order chi connectivity index (χ0) is 26.5. The summed E-state index contributed by atoms with van der Waals surface area (Å²) in [4.78, 5) is 44.4. The molecule has 0 radical (unpaired) electrons. The summed E-state index contributed by atoms with van der Waals surface area (Å²) in [5.74, 6) is 0.111. The number of hydrogen-bond donors (Lipinski definition) is 2. The van der Waals surface area contributed by atoms with E-state index in [1.165, 1.54) is 4.57 Å². The summed E-state index contributed by atoms with van der Waals surface area (Å²) >= 11 is 0. The number of rotatable bonds is 8. The molecule has 0 aliphatic rings. The maximum atomic E-state index is 14.0. The minimum absolute atomic E-state index is 0.168. The third kappa shape index (κ3) is 5.38. The molecular formula is C29H30N4O4. The summed E-state index contributed by atoms with van der Waals surface area (Å²) in [6.45, 7) is 5.53. The standard InChI is InChI=1S/C29H30N4O4/c1-5-24(28(35)30-19-10-9-11-20(17-19)37-4)33-25-13-8-7-12-23(25)32-27(29(33)36)21-16-18(3)14-15-22(21)31-26(34)6-2/h7-17,24H,5-6H2,1-4H3,(H,30,35)(H,31,34)/t24-/m1/s1. The van der Waals surface area contributed by atoms with Crippen LogP contribution in [0.2, 0.25) is 0 Å². The van der Waals surface area contributed by atoms with Crippen LogP contribution in [0.15, 0.2) is 71.5 Å². The lowest BCUT2D eigenvalue weighted by Gasteiger charge is -2.22. The van der Waals surface area contributed by atoms with Gasteiger partial charge in [-0.1, -0.05) is 43.7 Å². The fraction of sp³-hybridized carbons (Fsp3) is 0.241. The molecule has 0 bridgehead atoms. The number of benzene rings is 3. The second kappa shape index (κ2) is 11.1. The molecule has 0 saturated heterocycles. The van der Waals surface area contributed by atoms with Gasteiger partial charge in [0, 0.05) is 23.7 Å². The van der Waals surface area contributed by atoms with Crippen molar-refractivity contribution in [2.45, 2.75) is 39.7 Å². The fourth-order valence-electron chi connectivity index (χ4n) is 4.25. The van der Waals surface area contributed by atoms with E-state index >= 15 is 0 Å². The summed E-state index contributed by atoms with van der Waals surface area (Å²) in [6.07, 6.45) is 0.668. The number of aryl methyl sites for hydroxylation is 1. The molecule has 8 nitrogen and oxygen atoms in total. The van der Waals surface area contributed by atoms with Crippen molar-refractivity contribution in [2.24, 2.45) is 0 Å². The van der Waals surface area contributed by atoms with E-state index in [9.17, 15) is 14.4 Å². The Hall–Kier alpha value is -4.46. The predicted octanol–water partition coefficient (Wildman–Crippen LogP) is 5.32. The van der Waals surface area contributed by atoms with E-state index in [1.54, 1.807) is 50.4 Å². The van der Waals surface area contributed by atoms with E-state index in [1.807, 2.05) is 44.2 Å². The third-order valence-electron chi connectivity index (χ3n) is 6.16. The first-order chi connectivity index (χ1) is 17.9. The number of ether oxygens (including phenoxy) is 1. The first kappa shape index (κ1) is 25.6. The van der Waals surface area contributed by atoms with E-state index in [2.05, 4.69) is 10.6 Å². The van der Waals surface area contributed by atoms with Gasteiger partial charge in [0.2, 0.25) is 11.8 Å². The van der Waals surface area contributed by atoms with Gasteiger partial charge in [0.25, 0.3) is 5.56 Å². The Morgan fingerprint density at radius 1 is 1.00 bits per heavy atom. The largest absolute Gasteiger partial charge is 0.497 e. The second-order valence-corrected chi connectivity index (χ2v) is 8.72. The van der Waals surface area contributed by atoms with Crippen LogP contribution < -0.4 is 20.9 Å². The van der Waals surface area contributed by atoms with Crippen molar-refractivity contribution in [2.75, 3.05) is 17.7 Å². The molecule has 3 aromatic carbocycles. The number of fused-ring (bicyclic) bond motifs is 1. The fourth-order valence-corrected chi connectivity index (χ4v) is 4.25. The molecule has 2 amide bonds. The van der Waals surface area contributed by atoms with Gasteiger partial charge < -0.3 is 15.4 Å². The van der Waals surface area contributed by atoms with Gasteiger partial charge in [0.15, 0.2) is 0 Å². The molecule has 0 aliphatic carbocycles. The number of para-hydroxylation sites is 2. The summed E-state index contributed by atoms with van der Waals surface area (Å²) in [6, 6.07) is 19.0. The lowest BCUT2D eigenvalue weighted by atomic mass is 10.0. The van der Waals surface area contributed by atoms with Crippen molar-refractivity contribution in [1.82, 2.24) is 9.55 Å². The molecule has 0 spiro atoms. The van der Waals surface area contributed by atoms with E-state index in [-0.39, 0.29) is 17.5 Å². The average molecular weight is 499 g/mol. The summed E-state index contributed by atoms with van der Waals surface area (Å²) in [7, 11) is 1.56. The van der Waals surface area contributed by atoms with Crippen LogP contribution in [-0.2, 0) is 9.59 Å². The molecule has 2 N–H and O–H groups in total. The molecule has 1 heterocycles. The Bertz CT molecular complexity index is 1530. The van der Waals surface area contributed by atoms with Crippen LogP contribution in [0.5, 0.6) is 5.75 Å². The molecule has 0 unspecified atom stereocenters. The van der Waals surface area contributed by atoms with Crippen LogP contribution in [0.1, 0.15) is 38.3 Å². The van der Waals surface area contributed by atoms with Gasteiger partial charge in [0.05, 0.1) is 23.8 Å². The van der Waals surface area contributed by atoms with Crippen LogP contribution in [0.4, 0.5) is 11.4 Å². The van der Waals surface area contributed by atoms with Gasteiger partial charge >= 0.3 is 0 Å². The molecule has 4 rings (SSSR count). The zero-order valence-corrected chi connectivity index (χ0v) is 21.4. The number of nitrogens with one attached hydrogen (secondary N) is 2. The number of carbonyl (C=O) groups is 2. The monoisotopic (exact) mass is 498 g/mol.